The number of ether oxygens (including phenoxy) is 1. The molecule has 0 aromatic heterocycles. The summed E-state index contributed by atoms with van der Waals surface area (Å²) in [5.74, 6) is 0.942. The van der Waals surface area contributed by atoms with E-state index in [0.717, 1.165) is 18.9 Å². The van der Waals surface area contributed by atoms with Crippen molar-refractivity contribution in [3.63, 3.8) is 0 Å². The van der Waals surface area contributed by atoms with E-state index in [0.29, 0.717) is 11.8 Å². The van der Waals surface area contributed by atoms with E-state index >= 15 is 0 Å². The molecule has 0 aliphatic carbocycles. The molecule has 0 saturated carbocycles. The number of nitrogen functional groups attached to an aromatic ring is 1. The maximum atomic E-state index is 6.30. The predicted molar refractivity (Wildman–Crippen MR) is 67.5 cm³/mol. The summed E-state index contributed by atoms with van der Waals surface area (Å²) in [5, 5.41) is 0. The molecule has 1 aromatic carbocycles. The van der Waals surface area contributed by atoms with Gasteiger partial charge in [-0.05, 0) is 34.1 Å². The molecule has 1 aromatic rings. The number of hydrogen-bond acceptors (Lipinski definition) is 2. The molecule has 2 nitrogen and oxygen atoms in total. The third-order valence-corrected chi connectivity index (χ3v) is 3.35. The average Bonchev–Trinajstić information content (AvgIpc) is 2.62. The summed E-state index contributed by atoms with van der Waals surface area (Å²) in [5.41, 5.74) is 12.5. The standard InChI is InChI=1S/C14H21NO/c1-8(2)11-5-10-6-16-7-12(10)13(9(3)4)14(11)15/h5,8-9H,6-7,15H2,1-4H3. The van der Waals surface area contributed by atoms with Crippen LogP contribution in [0.3, 0.4) is 0 Å². The predicted octanol–water partition coefficient (Wildman–Crippen LogP) is 3.55. The van der Waals surface area contributed by atoms with Gasteiger partial charge in [-0.3, -0.25) is 0 Å². The zero-order chi connectivity index (χ0) is 11.9. The van der Waals surface area contributed by atoms with Crippen LogP contribution in [0.15, 0.2) is 6.07 Å². The van der Waals surface area contributed by atoms with Crippen LogP contribution in [0.25, 0.3) is 0 Å². The third kappa shape index (κ3) is 1.71. The molecular formula is C14H21NO. The number of nitrogens with two attached hydrogens (primary N) is 1. The Morgan fingerprint density at radius 2 is 1.81 bits per heavy atom. The molecule has 0 saturated heterocycles. The molecule has 1 heterocycles. The molecule has 1 aliphatic heterocycles. The lowest BCUT2D eigenvalue weighted by Gasteiger charge is -2.20. The number of hydrogen-bond donors (Lipinski definition) is 1. The highest BCUT2D eigenvalue weighted by atomic mass is 16.5. The van der Waals surface area contributed by atoms with Crippen molar-refractivity contribution in [2.45, 2.75) is 52.7 Å². The SMILES string of the molecule is CC(C)c1cc2c(c(C(C)C)c1N)COC2. The van der Waals surface area contributed by atoms with Gasteiger partial charge in [-0.2, -0.15) is 0 Å². The summed E-state index contributed by atoms with van der Waals surface area (Å²) < 4.78 is 5.54. The fraction of sp³-hybridized carbons (Fsp3) is 0.571. The van der Waals surface area contributed by atoms with Gasteiger partial charge in [0.15, 0.2) is 0 Å². The van der Waals surface area contributed by atoms with Gasteiger partial charge >= 0.3 is 0 Å². The van der Waals surface area contributed by atoms with Gasteiger partial charge in [-0.1, -0.05) is 33.8 Å². The highest BCUT2D eigenvalue weighted by molar-refractivity contribution is 5.62. The molecule has 0 amide bonds. The maximum Gasteiger partial charge on any atom is 0.0728 e. The lowest BCUT2D eigenvalue weighted by Crippen LogP contribution is -2.07. The van der Waals surface area contributed by atoms with Crippen LogP contribution in [-0.4, -0.2) is 0 Å². The summed E-state index contributed by atoms with van der Waals surface area (Å²) in [7, 11) is 0. The normalized spacial score (nSPS) is 14.9. The molecular weight excluding hydrogens is 198 g/mol. The maximum absolute atomic E-state index is 6.30. The summed E-state index contributed by atoms with van der Waals surface area (Å²) in [6.07, 6.45) is 0. The minimum absolute atomic E-state index is 0.467. The van der Waals surface area contributed by atoms with E-state index < -0.39 is 0 Å². The molecule has 0 bridgehead atoms. The Kier molecular flexibility index (Phi) is 2.94. The zero-order valence-corrected chi connectivity index (χ0v) is 10.6. The number of fused-ring (bicyclic) bond motifs is 1. The molecule has 0 atom stereocenters. The Balaban J connectivity index is 2.65. The van der Waals surface area contributed by atoms with Gasteiger partial charge in [-0.15, -0.1) is 0 Å². The molecule has 16 heavy (non-hydrogen) atoms. The topological polar surface area (TPSA) is 35.2 Å². The summed E-state index contributed by atoms with van der Waals surface area (Å²) in [6, 6.07) is 2.23. The fourth-order valence-corrected chi connectivity index (χ4v) is 2.54. The van der Waals surface area contributed by atoms with Crippen LogP contribution < -0.4 is 5.73 Å². The van der Waals surface area contributed by atoms with E-state index in [1.807, 2.05) is 0 Å². The number of benzene rings is 1. The van der Waals surface area contributed by atoms with Crippen molar-refractivity contribution in [2.75, 3.05) is 5.73 Å². The van der Waals surface area contributed by atoms with Gasteiger partial charge in [0, 0.05) is 5.69 Å². The minimum Gasteiger partial charge on any atom is -0.398 e. The first kappa shape index (κ1) is 11.5. The Bertz CT molecular complexity index is 408. The Labute approximate surface area is 97.8 Å². The monoisotopic (exact) mass is 219 g/mol. The van der Waals surface area contributed by atoms with E-state index in [-0.39, 0.29) is 0 Å². The van der Waals surface area contributed by atoms with E-state index in [9.17, 15) is 0 Å². The summed E-state index contributed by atoms with van der Waals surface area (Å²) >= 11 is 0. The van der Waals surface area contributed by atoms with Crippen molar-refractivity contribution in [3.8, 4) is 0 Å². The van der Waals surface area contributed by atoms with Gasteiger partial charge in [0.25, 0.3) is 0 Å². The smallest absolute Gasteiger partial charge is 0.0728 e. The lowest BCUT2D eigenvalue weighted by molar-refractivity contribution is 0.134. The van der Waals surface area contributed by atoms with Gasteiger partial charge in [0.1, 0.15) is 0 Å². The van der Waals surface area contributed by atoms with Crippen LogP contribution in [0.5, 0.6) is 0 Å². The number of rotatable bonds is 2. The summed E-state index contributed by atoms with van der Waals surface area (Å²) in [4.78, 5) is 0. The van der Waals surface area contributed by atoms with Crippen molar-refractivity contribution < 1.29 is 4.74 Å². The second-order valence-electron chi connectivity index (χ2n) is 5.23. The molecule has 1 aliphatic rings. The number of anilines is 1. The molecule has 2 heteroatoms. The first-order chi connectivity index (χ1) is 7.52. The highest BCUT2D eigenvalue weighted by Crippen LogP contribution is 2.38. The van der Waals surface area contributed by atoms with E-state index in [2.05, 4.69) is 33.8 Å². The van der Waals surface area contributed by atoms with E-state index in [1.54, 1.807) is 0 Å². The Morgan fingerprint density at radius 1 is 1.12 bits per heavy atom. The van der Waals surface area contributed by atoms with Crippen LogP contribution in [0.2, 0.25) is 0 Å². The minimum atomic E-state index is 0.467. The van der Waals surface area contributed by atoms with Gasteiger partial charge < -0.3 is 10.5 Å². The van der Waals surface area contributed by atoms with Gasteiger partial charge in [-0.25, -0.2) is 0 Å². The van der Waals surface area contributed by atoms with Crippen molar-refractivity contribution in [1.82, 2.24) is 0 Å². The Hall–Kier alpha value is -1.02. The van der Waals surface area contributed by atoms with Crippen LogP contribution in [0, 0.1) is 0 Å². The van der Waals surface area contributed by atoms with Gasteiger partial charge in [0.05, 0.1) is 13.2 Å². The molecule has 0 spiro atoms. The van der Waals surface area contributed by atoms with Gasteiger partial charge in [0.2, 0.25) is 0 Å². The van der Waals surface area contributed by atoms with Crippen LogP contribution in [0.4, 0.5) is 5.69 Å². The average molecular weight is 219 g/mol. The quantitative estimate of drug-likeness (QED) is 0.772. The largest absolute Gasteiger partial charge is 0.398 e. The molecule has 88 valence electrons. The highest BCUT2D eigenvalue weighted by Gasteiger charge is 2.22. The molecule has 2 rings (SSSR count). The summed E-state index contributed by atoms with van der Waals surface area (Å²) in [6.45, 7) is 10.3. The van der Waals surface area contributed by atoms with Crippen LogP contribution in [0.1, 0.15) is 61.8 Å². The molecule has 0 unspecified atom stereocenters. The zero-order valence-electron chi connectivity index (χ0n) is 10.6. The Morgan fingerprint density at radius 3 is 2.38 bits per heavy atom. The van der Waals surface area contributed by atoms with Crippen molar-refractivity contribution in [1.29, 1.82) is 0 Å². The molecule has 2 N–H and O–H groups in total. The van der Waals surface area contributed by atoms with E-state index in [1.165, 1.54) is 22.3 Å². The lowest BCUT2D eigenvalue weighted by atomic mass is 9.87. The second kappa shape index (κ2) is 4.10. The van der Waals surface area contributed by atoms with Crippen LogP contribution in [-0.2, 0) is 18.0 Å². The first-order valence-corrected chi connectivity index (χ1v) is 6.04. The van der Waals surface area contributed by atoms with Crippen molar-refractivity contribution in [3.05, 3.63) is 28.3 Å². The molecule has 0 fully saturated rings. The van der Waals surface area contributed by atoms with E-state index in [4.69, 9.17) is 10.5 Å². The fourth-order valence-electron chi connectivity index (χ4n) is 2.54. The van der Waals surface area contributed by atoms with Crippen molar-refractivity contribution >= 4 is 5.69 Å². The first-order valence-electron chi connectivity index (χ1n) is 6.04. The third-order valence-electron chi connectivity index (χ3n) is 3.35. The second-order valence-corrected chi connectivity index (χ2v) is 5.23. The molecule has 0 radical (unpaired) electrons. The van der Waals surface area contributed by atoms with Crippen molar-refractivity contribution in [2.24, 2.45) is 0 Å². The van der Waals surface area contributed by atoms with Crippen LogP contribution >= 0.6 is 0 Å².